The maximum atomic E-state index is 11.6. The molecule has 0 bridgehead atoms. The molecule has 0 fully saturated rings. The van der Waals surface area contributed by atoms with Gasteiger partial charge in [0.25, 0.3) is 0 Å². The Hall–Kier alpha value is -1.61. The van der Waals surface area contributed by atoms with Crippen molar-refractivity contribution < 1.29 is 4.74 Å². The lowest BCUT2D eigenvalue weighted by Gasteiger charge is -2.00. The van der Waals surface area contributed by atoms with Crippen molar-refractivity contribution in [1.29, 1.82) is 0 Å². The zero-order valence-corrected chi connectivity index (χ0v) is 8.28. The molecule has 1 aromatic carbocycles. The molecule has 0 radical (unpaired) electrons. The predicted octanol–water partition coefficient (Wildman–Crippen LogP) is 3.01. The third-order valence-electron chi connectivity index (χ3n) is 1.80. The molecule has 2 nitrogen and oxygen atoms in total. The summed E-state index contributed by atoms with van der Waals surface area (Å²) in [6, 6.07) is 13.0. The second-order valence-electron chi connectivity index (χ2n) is 2.81. The maximum Gasteiger partial charge on any atom is 0.216 e. The predicted molar refractivity (Wildman–Crippen MR) is 59.2 cm³/mol. The summed E-state index contributed by atoms with van der Waals surface area (Å²) >= 11 is 1.55. The van der Waals surface area contributed by atoms with Crippen LogP contribution in [0.2, 0.25) is 0 Å². The Kier molecular flexibility index (Phi) is 2.60. The highest BCUT2D eigenvalue weighted by molar-refractivity contribution is 7.11. The Labute approximate surface area is 86.3 Å². The van der Waals surface area contributed by atoms with Crippen molar-refractivity contribution in [2.45, 2.75) is 0 Å². The number of hydrogen-bond acceptors (Lipinski definition) is 2. The van der Waals surface area contributed by atoms with Gasteiger partial charge in [-0.25, -0.2) is 0 Å². The van der Waals surface area contributed by atoms with Crippen molar-refractivity contribution in [1.82, 2.24) is 0 Å². The van der Waals surface area contributed by atoms with Gasteiger partial charge in [-0.1, -0.05) is 24.3 Å². The lowest BCUT2D eigenvalue weighted by molar-refractivity contribution is -0.354. The van der Waals surface area contributed by atoms with E-state index in [9.17, 15) is 5.21 Å². The summed E-state index contributed by atoms with van der Waals surface area (Å²) in [5.74, 6) is 0. The van der Waals surface area contributed by atoms with E-state index in [4.69, 9.17) is 0 Å². The van der Waals surface area contributed by atoms with Crippen LogP contribution in [0.15, 0.2) is 47.8 Å². The van der Waals surface area contributed by atoms with Crippen molar-refractivity contribution >= 4 is 23.2 Å². The molecule has 2 aromatic rings. The van der Waals surface area contributed by atoms with Crippen LogP contribution < -0.4 is 0 Å². The van der Waals surface area contributed by atoms with Crippen LogP contribution in [0.1, 0.15) is 4.88 Å². The molecule has 0 aliphatic heterocycles. The van der Waals surface area contributed by atoms with Crippen LogP contribution in [0.3, 0.4) is 0 Å². The van der Waals surface area contributed by atoms with Crippen LogP contribution in [0.4, 0.5) is 5.69 Å². The molecule has 14 heavy (non-hydrogen) atoms. The third kappa shape index (κ3) is 2.00. The first kappa shape index (κ1) is 8.97. The molecule has 1 aromatic heterocycles. The first-order chi connectivity index (χ1) is 6.86. The molecule has 2 rings (SSSR count). The molecule has 0 N–H and O–H groups in total. The molecule has 70 valence electrons. The van der Waals surface area contributed by atoms with E-state index in [1.807, 2.05) is 35.7 Å². The summed E-state index contributed by atoms with van der Waals surface area (Å²) in [5.41, 5.74) is 0.654. The van der Waals surface area contributed by atoms with Gasteiger partial charge in [0, 0.05) is 12.1 Å². The standard InChI is InChI=1S/C11H9NOS/c13-12(9-11-7-4-8-14-11)10-5-2-1-3-6-10/h1-9H/b12-9-. The van der Waals surface area contributed by atoms with E-state index in [2.05, 4.69) is 0 Å². The minimum atomic E-state index is 0.654. The molecule has 0 saturated carbocycles. The van der Waals surface area contributed by atoms with Crippen molar-refractivity contribution in [3.63, 3.8) is 0 Å². The van der Waals surface area contributed by atoms with E-state index < -0.39 is 0 Å². The topological polar surface area (TPSA) is 26.1 Å². The molecule has 0 spiro atoms. The lowest BCUT2D eigenvalue weighted by atomic mass is 10.3. The van der Waals surface area contributed by atoms with Gasteiger partial charge in [-0.2, -0.15) is 4.74 Å². The molecule has 0 aliphatic rings. The van der Waals surface area contributed by atoms with Crippen molar-refractivity contribution in [3.05, 3.63) is 57.9 Å². The van der Waals surface area contributed by atoms with Crippen LogP contribution in [-0.4, -0.2) is 11.0 Å². The number of nitrogens with zero attached hydrogens (tertiary/aromatic N) is 1. The van der Waals surface area contributed by atoms with E-state index in [0.717, 1.165) is 9.62 Å². The quantitative estimate of drug-likeness (QED) is 0.319. The number of para-hydroxylation sites is 1. The zero-order valence-electron chi connectivity index (χ0n) is 7.46. The van der Waals surface area contributed by atoms with E-state index in [1.165, 1.54) is 0 Å². The second kappa shape index (κ2) is 4.07. The van der Waals surface area contributed by atoms with Crippen LogP contribution in [0.5, 0.6) is 0 Å². The average molecular weight is 203 g/mol. The fourth-order valence-electron chi connectivity index (χ4n) is 1.13. The molecular formula is C11H9NOS. The number of rotatable bonds is 2. The summed E-state index contributed by atoms with van der Waals surface area (Å²) in [6.07, 6.45) is 1.58. The Morgan fingerprint density at radius 1 is 1.07 bits per heavy atom. The molecule has 0 aliphatic carbocycles. The minimum Gasteiger partial charge on any atom is -0.618 e. The third-order valence-corrected chi connectivity index (χ3v) is 2.61. The smallest absolute Gasteiger partial charge is 0.216 e. The Morgan fingerprint density at radius 3 is 2.50 bits per heavy atom. The fourth-order valence-corrected chi connectivity index (χ4v) is 1.76. The molecule has 1 heterocycles. The number of hydrogen-bond donors (Lipinski definition) is 0. The van der Waals surface area contributed by atoms with E-state index in [0.29, 0.717) is 5.69 Å². The summed E-state index contributed by atoms with van der Waals surface area (Å²) in [4.78, 5) is 0.962. The SMILES string of the molecule is [O-]/[N+](=C\c1cccs1)c1ccccc1. The van der Waals surface area contributed by atoms with Gasteiger partial charge in [0.15, 0.2) is 6.21 Å². The van der Waals surface area contributed by atoms with Gasteiger partial charge in [-0.15, -0.1) is 11.3 Å². The molecule has 0 amide bonds. The van der Waals surface area contributed by atoms with Crippen molar-refractivity contribution in [2.75, 3.05) is 0 Å². The molecular weight excluding hydrogens is 194 g/mol. The van der Waals surface area contributed by atoms with Crippen molar-refractivity contribution in [3.8, 4) is 0 Å². The van der Waals surface area contributed by atoms with Crippen LogP contribution >= 0.6 is 11.3 Å². The number of benzene rings is 1. The Balaban J connectivity index is 2.29. The van der Waals surface area contributed by atoms with Gasteiger partial charge in [-0.3, -0.25) is 0 Å². The van der Waals surface area contributed by atoms with Gasteiger partial charge in [0.2, 0.25) is 5.69 Å². The molecule has 3 heteroatoms. The summed E-state index contributed by atoms with van der Waals surface area (Å²) in [6.45, 7) is 0. The van der Waals surface area contributed by atoms with Gasteiger partial charge >= 0.3 is 0 Å². The lowest BCUT2D eigenvalue weighted by Crippen LogP contribution is -1.96. The second-order valence-corrected chi connectivity index (χ2v) is 3.79. The van der Waals surface area contributed by atoms with E-state index >= 15 is 0 Å². The fraction of sp³-hybridized carbons (Fsp3) is 0. The average Bonchev–Trinajstić information content (AvgIpc) is 2.72. The van der Waals surface area contributed by atoms with E-state index in [-0.39, 0.29) is 0 Å². The summed E-state index contributed by atoms with van der Waals surface area (Å²) in [7, 11) is 0. The minimum absolute atomic E-state index is 0.654. The summed E-state index contributed by atoms with van der Waals surface area (Å²) < 4.78 is 0.881. The molecule has 0 atom stereocenters. The highest BCUT2D eigenvalue weighted by Crippen LogP contribution is 2.11. The Bertz CT molecular complexity index is 420. The maximum absolute atomic E-state index is 11.6. The highest BCUT2D eigenvalue weighted by Gasteiger charge is 1.99. The largest absolute Gasteiger partial charge is 0.618 e. The molecule has 0 saturated heterocycles. The van der Waals surface area contributed by atoms with Gasteiger partial charge in [-0.05, 0) is 11.4 Å². The van der Waals surface area contributed by atoms with Crippen LogP contribution in [0.25, 0.3) is 0 Å². The first-order valence-electron chi connectivity index (χ1n) is 4.26. The van der Waals surface area contributed by atoms with Gasteiger partial charge in [0.05, 0.1) is 4.88 Å². The molecule has 0 unspecified atom stereocenters. The first-order valence-corrected chi connectivity index (χ1v) is 5.14. The highest BCUT2D eigenvalue weighted by atomic mass is 32.1. The van der Waals surface area contributed by atoms with Crippen molar-refractivity contribution in [2.24, 2.45) is 0 Å². The summed E-state index contributed by atoms with van der Waals surface area (Å²) in [5, 5.41) is 13.5. The van der Waals surface area contributed by atoms with Crippen LogP contribution in [0, 0.1) is 5.21 Å². The van der Waals surface area contributed by atoms with Crippen LogP contribution in [-0.2, 0) is 0 Å². The van der Waals surface area contributed by atoms with E-state index in [1.54, 1.807) is 29.7 Å². The Morgan fingerprint density at radius 2 is 1.86 bits per heavy atom. The number of thiophene rings is 1. The normalized spacial score (nSPS) is 11.6. The monoisotopic (exact) mass is 203 g/mol. The zero-order chi connectivity index (χ0) is 9.80. The van der Waals surface area contributed by atoms with Gasteiger partial charge in [0.1, 0.15) is 0 Å². The van der Waals surface area contributed by atoms with Gasteiger partial charge < -0.3 is 5.21 Å².